The average Bonchev–Trinajstić information content (AvgIpc) is 3.38. The summed E-state index contributed by atoms with van der Waals surface area (Å²) in [6.45, 7) is 0.671. The molecular formula is C27H31F6N2O7P. The summed E-state index contributed by atoms with van der Waals surface area (Å²) in [5, 5.41) is 3.40. The van der Waals surface area contributed by atoms with Gasteiger partial charge in [0.05, 0.1) is 29.4 Å². The molecular weight excluding hydrogens is 609 g/mol. The van der Waals surface area contributed by atoms with Gasteiger partial charge >= 0.3 is 26.3 Å². The molecule has 1 amide bonds. The van der Waals surface area contributed by atoms with Crippen LogP contribution in [0.3, 0.4) is 0 Å². The van der Waals surface area contributed by atoms with E-state index in [1.54, 1.807) is 30.3 Å². The first-order chi connectivity index (χ1) is 19.9. The Morgan fingerprint density at radius 1 is 1.02 bits per heavy atom. The molecule has 2 fully saturated rings. The Balaban J connectivity index is 1.69. The van der Waals surface area contributed by atoms with Crippen LogP contribution in [-0.4, -0.2) is 52.8 Å². The fourth-order valence-corrected chi connectivity index (χ4v) is 5.84. The van der Waals surface area contributed by atoms with E-state index in [1.807, 2.05) is 0 Å². The number of nitrogens with one attached hydrogen (secondary N) is 1. The van der Waals surface area contributed by atoms with E-state index in [1.165, 1.54) is 11.8 Å². The van der Waals surface area contributed by atoms with Crippen LogP contribution in [0.1, 0.15) is 61.0 Å². The number of carbonyl (C=O) groups is 1. The normalized spacial score (nSPS) is 23.9. The summed E-state index contributed by atoms with van der Waals surface area (Å²) in [6.07, 6.45) is -9.99. The molecule has 3 N–H and O–H groups in total. The number of ether oxygens (including phenoxy) is 2. The maximum Gasteiger partial charge on any atom is 0.472 e. The van der Waals surface area contributed by atoms with Crippen LogP contribution in [0, 0.1) is 0 Å². The van der Waals surface area contributed by atoms with Crippen molar-refractivity contribution in [3.05, 3.63) is 70.8 Å². The van der Waals surface area contributed by atoms with Gasteiger partial charge in [-0.15, -0.1) is 0 Å². The van der Waals surface area contributed by atoms with E-state index in [2.05, 4.69) is 9.84 Å². The molecule has 4 rings (SSSR count). The quantitative estimate of drug-likeness (QED) is 0.180. The smallest absolute Gasteiger partial charge is 0.422 e. The summed E-state index contributed by atoms with van der Waals surface area (Å²) in [7, 11) is -4.96. The zero-order valence-corrected chi connectivity index (χ0v) is 23.8. The molecule has 0 aliphatic carbocycles. The Bertz CT molecular complexity index is 1300. The van der Waals surface area contributed by atoms with Gasteiger partial charge in [0.25, 0.3) is 0 Å². The van der Waals surface area contributed by atoms with Gasteiger partial charge in [0, 0.05) is 12.1 Å². The van der Waals surface area contributed by atoms with E-state index in [0.717, 1.165) is 6.42 Å². The number of carbonyl (C=O) groups excluding carboxylic acids is 1. The van der Waals surface area contributed by atoms with Gasteiger partial charge in [0.15, 0.2) is 0 Å². The number of alkyl halides is 6. The highest BCUT2D eigenvalue weighted by Gasteiger charge is 2.52. The summed E-state index contributed by atoms with van der Waals surface area (Å²) in [5.74, 6) is 0. The number of rotatable bonds is 8. The molecule has 2 aromatic rings. The van der Waals surface area contributed by atoms with Crippen molar-refractivity contribution in [2.75, 3.05) is 26.5 Å². The Labute approximate surface area is 243 Å². The predicted octanol–water partition coefficient (Wildman–Crippen LogP) is 6.12. The molecule has 0 unspecified atom stereocenters. The monoisotopic (exact) mass is 640 g/mol. The summed E-state index contributed by atoms with van der Waals surface area (Å²) >= 11 is 0. The van der Waals surface area contributed by atoms with Crippen molar-refractivity contribution in [3.63, 3.8) is 0 Å². The van der Waals surface area contributed by atoms with Gasteiger partial charge in [-0.05, 0) is 68.5 Å². The predicted molar refractivity (Wildman–Crippen MR) is 139 cm³/mol. The maximum atomic E-state index is 13.5. The van der Waals surface area contributed by atoms with Crippen LogP contribution in [0.5, 0.6) is 0 Å². The standard InChI is InChI=1S/C27H31F6N2O7P/c1-18(19-12-21(26(28,29)30)14-22(13-19)27(31,32)33)40-16-25(20-6-3-2-4-7-20)10-9-24(8-5-11-34-24)15-35(25)23(36)41-17-42-43(37,38)39/h2-4,6-7,12-14,18,34H,5,8-11,15-17H2,1H3,(H2,37,38,39)/t18-,24-,25-/m1/s1. The number of nitrogens with zero attached hydrogens (tertiary/aromatic N) is 1. The molecule has 3 atom stereocenters. The molecule has 2 aliphatic rings. The van der Waals surface area contributed by atoms with Crippen LogP contribution < -0.4 is 5.32 Å². The molecule has 0 bridgehead atoms. The summed E-state index contributed by atoms with van der Waals surface area (Å²) < 4.78 is 107. The Hall–Kier alpha value is -2.68. The summed E-state index contributed by atoms with van der Waals surface area (Å²) in [5.41, 5.74) is -4.57. The molecule has 2 heterocycles. The largest absolute Gasteiger partial charge is 0.472 e. The van der Waals surface area contributed by atoms with Crippen LogP contribution in [0.15, 0.2) is 48.5 Å². The van der Waals surface area contributed by atoms with Crippen LogP contribution >= 0.6 is 7.82 Å². The van der Waals surface area contributed by atoms with Crippen LogP contribution in [0.25, 0.3) is 0 Å². The summed E-state index contributed by atoms with van der Waals surface area (Å²) in [6, 6.07) is 9.75. The fraction of sp³-hybridized carbons (Fsp3) is 0.519. The van der Waals surface area contributed by atoms with Crippen LogP contribution in [0.2, 0.25) is 0 Å². The van der Waals surface area contributed by atoms with E-state index >= 15 is 0 Å². The maximum absolute atomic E-state index is 13.5. The molecule has 2 aliphatic heterocycles. The number of piperidine rings is 1. The lowest BCUT2D eigenvalue weighted by molar-refractivity contribution is -0.143. The van der Waals surface area contributed by atoms with Gasteiger partial charge in [0.2, 0.25) is 6.79 Å². The second kappa shape index (κ2) is 12.4. The first kappa shape index (κ1) is 33.2. The molecule has 0 aromatic heterocycles. The molecule has 2 aromatic carbocycles. The Morgan fingerprint density at radius 3 is 2.19 bits per heavy atom. The van der Waals surface area contributed by atoms with E-state index < -0.39 is 61.4 Å². The Morgan fingerprint density at radius 2 is 1.65 bits per heavy atom. The van der Waals surface area contributed by atoms with E-state index in [-0.39, 0.29) is 31.2 Å². The van der Waals surface area contributed by atoms with Crippen molar-refractivity contribution in [3.8, 4) is 0 Å². The molecule has 0 radical (unpaired) electrons. The van der Waals surface area contributed by atoms with Gasteiger partial charge in [0.1, 0.15) is 0 Å². The lowest BCUT2D eigenvalue weighted by Gasteiger charge is -2.52. The highest BCUT2D eigenvalue weighted by atomic mass is 31.2. The van der Waals surface area contributed by atoms with Gasteiger partial charge in [-0.3, -0.25) is 4.90 Å². The first-order valence-electron chi connectivity index (χ1n) is 13.3. The van der Waals surface area contributed by atoms with E-state index in [9.17, 15) is 35.7 Å². The topological polar surface area (TPSA) is 118 Å². The highest BCUT2D eigenvalue weighted by Crippen LogP contribution is 2.46. The molecule has 238 valence electrons. The number of benzene rings is 2. The zero-order valence-electron chi connectivity index (χ0n) is 23.0. The highest BCUT2D eigenvalue weighted by molar-refractivity contribution is 7.46. The molecule has 43 heavy (non-hydrogen) atoms. The van der Waals surface area contributed by atoms with Gasteiger partial charge < -0.3 is 24.6 Å². The third-order valence-electron chi connectivity index (χ3n) is 7.91. The van der Waals surface area contributed by atoms with Crippen molar-refractivity contribution < 1.29 is 59.5 Å². The molecule has 2 saturated heterocycles. The van der Waals surface area contributed by atoms with E-state index in [0.29, 0.717) is 37.1 Å². The van der Waals surface area contributed by atoms with Gasteiger partial charge in [-0.2, -0.15) is 26.3 Å². The lowest BCUT2D eigenvalue weighted by Crippen LogP contribution is -2.64. The number of phosphoric ester groups is 1. The number of hydrogen-bond donors (Lipinski definition) is 3. The molecule has 0 saturated carbocycles. The minimum Gasteiger partial charge on any atom is -0.422 e. The van der Waals surface area contributed by atoms with Crippen molar-refractivity contribution >= 4 is 13.9 Å². The number of phosphoric acid groups is 1. The zero-order chi connectivity index (χ0) is 31.7. The van der Waals surface area contributed by atoms with Gasteiger partial charge in [-0.25, -0.2) is 13.9 Å². The second-order valence-electron chi connectivity index (χ2n) is 10.7. The van der Waals surface area contributed by atoms with E-state index in [4.69, 9.17) is 19.3 Å². The Kier molecular flexibility index (Phi) is 9.56. The van der Waals surface area contributed by atoms with Gasteiger partial charge in [-0.1, -0.05) is 30.3 Å². The number of hydrogen-bond acceptors (Lipinski definition) is 6. The van der Waals surface area contributed by atoms with Crippen LogP contribution in [0.4, 0.5) is 31.1 Å². The minimum atomic E-state index is -5.04. The number of likely N-dealkylation sites (tertiary alicyclic amines) is 1. The van der Waals surface area contributed by atoms with Crippen molar-refractivity contribution in [1.29, 1.82) is 0 Å². The molecule has 16 heteroatoms. The first-order valence-corrected chi connectivity index (χ1v) is 14.8. The molecule has 9 nitrogen and oxygen atoms in total. The second-order valence-corrected chi connectivity index (χ2v) is 12.0. The van der Waals surface area contributed by atoms with Crippen molar-refractivity contribution in [1.82, 2.24) is 10.2 Å². The lowest BCUT2D eigenvalue weighted by atomic mass is 9.74. The third kappa shape index (κ3) is 7.89. The SMILES string of the molecule is C[C@@H](OC[C@@]1(c2ccccc2)CC[C@]2(CCCN2)CN1C(=O)OCOP(=O)(O)O)c1cc(C(F)(F)F)cc(C(F)(F)F)c1. The fourth-order valence-electron chi connectivity index (χ4n) is 5.65. The number of amides is 1. The summed E-state index contributed by atoms with van der Waals surface area (Å²) in [4.78, 5) is 32.8. The van der Waals surface area contributed by atoms with Crippen LogP contribution in [-0.2, 0) is 36.5 Å². The number of halogens is 6. The molecule has 1 spiro atoms. The minimum absolute atomic E-state index is 0.0360. The average molecular weight is 641 g/mol. The van der Waals surface area contributed by atoms with Crippen molar-refractivity contribution in [2.45, 2.75) is 62.1 Å². The third-order valence-corrected chi connectivity index (χ3v) is 8.35. The van der Waals surface area contributed by atoms with Crippen molar-refractivity contribution in [2.24, 2.45) is 0 Å².